The summed E-state index contributed by atoms with van der Waals surface area (Å²) in [5, 5.41) is 12.0. The SMILES string of the molecule is CC(C)n1nnnc1SCCS(=O)(=O)c1ccccc1. The average molecular weight is 312 g/mol. The predicted octanol–water partition coefficient (Wildman–Crippen LogP) is 1.82. The van der Waals surface area contributed by atoms with E-state index in [1.54, 1.807) is 35.0 Å². The van der Waals surface area contributed by atoms with Gasteiger partial charge in [0.1, 0.15) is 0 Å². The van der Waals surface area contributed by atoms with Gasteiger partial charge in [-0.1, -0.05) is 30.0 Å². The quantitative estimate of drug-likeness (QED) is 0.757. The first-order valence-corrected chi connectivity index (χ1v) is 8.83. The summed E-state index contributed by atoms with van der Waals surface area (Å²) in [6, 6.07) is 8.61. The molecule has 8 heteroatoms. The minimum atomic E-state index is -3.25. The van der Waals surface area contributed by atoms with Crippen LogP contribution < -0.4 is 0 Å². The lowest BCUT2D eigenvalue weighted by Crippen LogP contribution is -2.10. The van der Waals surface area contributed by atoms with Gasteiger partial charge in [0.25, 0.3) is 0 Å². The molecule has 108 valence electrons. The Hall–Kier alpha value is -1.41. The summed E-state index contributed by atoms with van der Waals surface area (Å²) in [6.45, 7) is 3.95. The van der Waals surface area contributed by atoms with Gasteiger partial charge < -0.3 is 0 Å². The van der Waals surface area contributed by atoms with Gasteiger partial charge in [-0.3, -0.25) is 0 Å². The monoisotopic (exact) mass is 312 g/mol. The fourth-order valence-electron chi connectivity index (χ4n) is 1.59. The lowest BCUT2D eigenvalue weighted by Gasteiger charge is -2.07. The van der Waals surface area contributed by atoms with Crippen molar-refractivity contribution in [3.63, 3.8) is 0 Å². The van der Waals surface area contributed by atoms with Gasteiger partial charge in [0.2, 0.25) is 5.16 Å². The molecule has 0 radical (unpaired) electrons. The van der Waals surface area contributed by atoms with Gasteiger partial charge in [0, 0.05) is 5.75 Å². The first-order chi connectivity index (χ1) is 9.50. The number of hydrogen-bond acceptors (Lipinski definition) is 6. The zero-order chi connectivity index (χ0) is 14.6. The minimum absolute atomic E-state index is 0.0621. The summed E-state index contributed by atoms with van der Waals surface area (Å²) in [5.41, 5.74) is 0. The number of tetrazole rings is 1. The van der Waals surface area contributed by atoms with Gasteiger partial charge in [-0.25, -0.2) is 13.1 Å². The van der Waals surface area contributed by atoms with Crippen molar-refractivity contribution in [1.29, 1.82) is 0 Å². The minimum Gasteiger partial charge on any atom is -0.224 e. The molecule has 2 rings (SSSR count). The Morgan fingerprint density at radius 1 is 1.25 bits per heavy atom. The Balaban J connectivity index is 1.98. The number of nitrogens with zero attached hydrogens (tertiary/aromatic N) is 4. The van der Waals surface area contributed by atoms with Crippen LogP contribution in [-0.2, 0) is 9.84 Å². The van der Waals surface area contributed by atoms with Crippen LogP contribution in [0.5, 0.6) is 0 Å². The number of sulfone groups is 1. The molecule has 0 saturated heterocycles. The van der Waals surface area contributed by atoms with Crippen LogP contribution in [0.1, 0.15) is 19.9 Å². The molecule has 0 bridgehead atoms. The summed E-state index contributed by atoms with van der Waals surface area (Å²) in [5.74, 6) is 0.483. The van der Waals surface area contributed by atoms with Crippen LogP contribution in [0.2, 0.25) is 0 Å². The van der Waals surface area contributed by atoms with Crippen LogP contribution in [-0.4, -0.2) is 40.1 Å². The van der Waals surface area contributed by atoms with E-state index in [9.17, 15) is 8.42 Å². The van der Waals surface area contributed by atoms with Gasteiger partial charge in [0.05, 0.1) is 16.7 Å². The normalized spacial score (nSPS) is 11.9. The third-order valence-electron chi connectivity index (χ3n) is 2.64. The number of thioether (sulfide) groups is 1. The highest BCUT2D eigenvalue weighted by atomic mass is 32.2. The number of benzene rings is 1. The first-order valence-electron chi connectivity index (χ1n) is 6.19. The van der Waals surface area contributed by atoms with Gasteiger partial charge in [-0.2, -0.15) is 0 Å². The summed E-state index contributed by atoms with van der Waals surface area (Å²) >= 11 is 1.35. The average Bonchev–Trinajstić information content (AvgIpc) is 2.88. The van der Waals surface area contributed by atoms with Crippen LogP contribution in [0.3, 0.4) is 0 Å². The Morgan fingerprint density at radius 3 is 2.60 bits per heavy atom. The van der Waals surface area contributed by atoms with Crippen molar-refractivity contribution >= 4 is 21.6 Å². The van der Waals surface area contributed by atoms with E-state index in [1.165, 1.54) is 11.8 Å². The van der Waals surface area contributed by atoms with Crippen LogP contribution >= 0.6 is 11.8 Å². The zero-order valence-electron chi connectivity index (χ0n) is 11.3. The van der Waals surface area contributed by atoms with Crippen molar-refractivity contribution in [3.8, 4) is 0 Å². The van der Waals surface area contributed by atoms with E-state index in [4.69, 9.17) is 0 Å². The maximum absolute atomic E-state index is 12.1. The second-order valence-electron chi connectivity index (χ2n) is 4.48. The Kier molecular flexibility index (Phi) is 4.77. The molecule has 1 aromatic carbocycles. The highest BCUT2D eigenvalue weighted by Gasteiger charge is 2.15. The molecule has 0 saturated carbocycles. The molecule has 0 fully saturated rings. The van der Waals surface area contributed by atoms with Gasteiger partial charge in [-0.15, -0.1) is 5.10 Å². The van der Waals surface area contributed by atoms with Crippen molar-refractivity contribution in [1.82, 2.24) is 20.2 Å². The lowest BCUT2D eigenvalue weighted by atomic mass is 10.4. The van der Waals surface area contributed by atoms with E-state index in [-0.39, 0.29) is 11.8 Å². The van der Waals surface area contributed by atoms with Crippen molar-refractivity contribution in [2.75, 3.05) is 11.5 Å². The van der Waals surface area contributed by atoms with Gasteiger partial charge in [-0.05, 0) is 36.4 Å². The summed E-state index contributed by atoms with van der Waals surface area (Å²) in [6.07, 6.45) is 0. The molecule has 0 N–H and O–H groups in total. The summed E-state index contributed by atoms with van der Waals surface area (Å²) in [4.78, 5) is 0.351. The highest BCUT2D eigenvalue weighted by molar-refractivity contribution is 8.00. The topological polar surface area (TPSA) is 77.7 Å². The van der Waals surface area contributed by atoms with Crippen LogP contribution in [0, 0.1) is 0 Å². The second-order valence-corrected chi connectivity index (χ2v) is 7.65. The third kappa shape index (κ3) is 3.57. The van der Waals surface area contributed by atoms with Crippen LogP contribution in [0.4, 0.5) is 0 Å². The lowest BCUT2D eigenvalue weighted by molar-refractivity contribution is 0.477. The van der Waals surface area contributed by atoms with E-state index < -0.39 is 9.84 Å². The first kappa shape index (κ1) is 15.0. The summed E-state index contributed by atoms with van der Waals surface area (Å²) < 4.78 is 25.9. The third-order valence-corrected chi connectivity index (χ3v) is 5.56. The van der Waals surface area contributed by atoms with Gasteiger partial charge >= 0.3 is 0 Å². The molecule has 1 heterocycles. The molecular weight excluding hydrogens is 296 g/mol. The maximum Gasteiger partial charge on any atom is 0.209 e. The molecule has 1 aromatic heterocycles. The van der Waals surface area contributed by atoms with E-state index in [2.05, 4.69) is 15.5 Å². The molecular formula is C12H16N4O2S2. The van der Waals surface area contributed by atoms with Crippen molar-refractivity contribution in [3.05, 3.63) is 30.3 Å². The van der Waals surface area contributed by atoms with Crippen molar-refractivity contribution < 1.29 is 8.42 Å². The molecule has 20 heavy (non-hydrogen) atoms. The van der Waals surface area contributed by atoms with E-state index in [0.717, 1.165) is 0 Å². The van der Waals surface area contributed by atoms with Crippen LogP contribution in [0.15, 0.2) is 40.4 Å². The molecule has 0 aliphatic heterocycles. The second kappa shape index (κ2) is 6.36. The number of hydrogen-bond donors (Lipinski definition) is 0. The molecule has 2 aromatic rings. The molecule has 0 atom stereocenters. The van der Waals surface area contributed by atoms with E-state index >= 15 is 0 Å². The predicted molar refractivity (Wildman–Crippen MR) is 77.4 cm³/mol. The molecule has 0 amide bonds. The Labute approximate surface area is 122 Å². The standard InChI is InChI=1S/C12H16N4O2S2/c1-10(2)16-12(13-14-15-16)19-8-9-20(17,18)11-6-4-3-5-7-11/h3-7,10H,8-9H2,1-2H3. The molecule has 0 aliphatic rings. The highest BCUT2D eigenvalue weighted by Crippen LogP contribution is 2.19. The summed E-state index contributed by atoms with van der Waals surface area (Å²) in [7, 11) is -3.25. The fraction of sp³-hybridized carbons (Fsp3) is 0.417. The molecule has 0 spiro atoms. The van der Waals surface area contributed by atoms with Crippen molar-refractivity contribution in [2.45, 2.75) is 29.9 Å². The molecule has 0 unspecified atom stereocenters. The molecule has 0 aliphatic carbocycles. The van der Waals surface area contributed by atoms with Gasteiger partial charge in [0.15, 0.2) is 9.84 Å². The molecule has 6 nitrogen and oxygen atoms in total. The largest absolute Gasteiger partial charge is 0.224 e. The van der Waals surface area contributed by atoms with Crippen LogP contribution in [0.25, 0.3) is 0 Å². The van der Waals surface area contributed by atoms with Crippen molar-refractivity contribution in [2.24, 2.45) is 0 Å². The van der Waals surface area contributed by atoms with E-state index in [1.807, 2.05) is 13.8 Å². The Morgan fingerprint density at radius 2 is 1.95 bits per heavy atom. The Bertz CT molecular complexity index is 653. The zero-order valence-corrected chi connectivity index (χ0v) is 12.9. The maximum atomic E-state index is 12.1. The fourth-order valence-corrected chi connectivity index (χ4v) is 4.27. The van der Waals surface area contributed by atoms with E-state index in [0.29, 0.717) is 15.8 Å². The number of aromatic nitrogens is 4. The smallest absolute Gasteiger partial charge is 0.209 e. The number of rotatable bonds is 6.